The lowest BCUT2D eigenvalue weighted by atomic mass is 9.71. The van der Waals surface area contributed by atoms with E-state index in [0.717, 1.165) is 5.69 Å². The van der Waals surface area contributed by atoms with Gasteiger partial charge in [-0.15, -0.1) is 0 Å². The van der Waals surface area contributed by atoms with Gasteiger partial charge in [-0.05, 0) is 32.9 Å². The van der Waals surface area contributed by atoms with Crippen LogP contribution in [0, 0.1) is 22.2 Å². The molecule has 2 atom stereocenters. The Labute approximate surface area is 182 Å². The Bertz CT molecular complexity index is 1150. The van der Waals surface area contributed by atoms with Crippen LogP contribution in [0.4, 0.5) is 10.5 Å². The summed E-state index contributed by atoms with van der Waals surface area (Å²) < 4.78 is 7.14. The molecule has 0 saturated carbocycles. The molecule has 0 spiro atoms. The van der Waals surface area contributed by atoms with E-state index in [-0.39, 0.29) is 22.5 Å². The topological polar surface area (TPSA) is 91.5 Å². The highest BCUT2D eigenvalue weighted by Gasteiger charge is 2.59. The predicted octanol–water partition coefficient (Wildman–Crippen LogP) is 2.89. The molecule has 8 nitrogen and oxygen atoms in total. The summed E-state index contributed by atoms with van der Waals surface area (Å²) in [6, 6.07) is 7.10. The number of nitriles is 1. The molecule has 0 bridgehead atoms. The van der Waals surface area contributed by atoms with Crippen molar-refractivity contribution in [3.63, 3.8) is 0 Å². The fourth-order valence-electron chi connectivity index (χ4n) is 4.90. The summed E-state index contributed by atoms with van der Waals surface area (Å²) in [6.45, 7) is 12.5. The Morgan fingerprint density at radius 2 is 1.77 bits per heavy atom. The Morgan fingerprint density at radius 3 is 2.32 bits per heavy atom. The Balaban J connectivity index is 1.68. The molecule has 2 saturated heterocycles. The van der Waals surface area contributed by atoms with E-state index in [1.807, 2.05) is 20.8 Å². The molecule has 164 valence electrons. The standard InChI is InChI=1S/C23H29N5O3/c1-21(2,3)31-20(30)28-13-22(4)11-27(12-23(22,5)14-28)17-9-18(29)26(6)16-8-7-15(10-24)25-19(16)17/h7-9H,11-14H2,1-6H3/t22-,23+. The summed E-state index contributed by atoms with van der Waals surface area (Å²) in [6.07, 6.45) is -0.282. The number of amides is 1. The van der Waals surface area contributed by atoms with Gasteiger partial charge in [-0.3, -0.25) is 4.79 Å². The van der Waals surface area contributed by atoms with Gasteiger partial charge in [0.05, 0.1) is 11.2 Å². The van der Waals surface area contributed by atoms with Crippen molar-refractivity contribution >= 4 is 22.8 Å². The lowest BCUT2D eigenvalue weighted by Crippen LogP contribution is -2.39. The first-order valence-corrected chi connectivity index (χ1v) is 10.5. The first kappa shape index (κ1) is 21.2. The number of pyridine rings is 2. The molecule has 0 aliphatic carbocycles. The molecular weight excluding hydrogens is 394 g/mol. The van der Waals surface area contributed by atoms with Crippen LogP contribution in [0.3, 0.4) is 0 Å². The number of ether oxygens (including phenoxy) is 1. The molecule has 2 aliphatic rings. The number of aromatic nitrogens is 2. The van der Waals surface area contributed by atoms with E-state index < -0.39 is 5.60 Å². The second-order valence-electron chi connectivity index (χ2n) is 10.4. The maximum Gasteiger partial charge on any atom is 0.410 e. The number of rotatable bonds is 1. The van der Waals surface area contributed by atoms with Crippen molar-refractivity contribution in [3.8, 4) is 6.07 Å². The van der Waals surface area contributed by atoms with Crippen LogP contribution in [-0.4, -0.2) is 52.3 Å². The highest BCUT2D eigenvalue weighted by atomic mass is 16.6. The number of aryl methyl sites for hydroxylation is 1. The van der Waals surface area contributed by atoms with Crippen molar-refractivity contribution in [2.24, 2.45) is 17.9 Å². The summed E-state index contributed by atoms with van der Waals surface area (Å²) in [4.78, 5) is 33.8. The molecule has 0 radical (unpaired) electrons. The van der Waals surface area contributed by atoms with Crippen LogP contribution in [0.5, 0.6) is 0 Å². The second-order valence-corrected chi connectivity index (χ2v) is 10.4. The highest BCUT2D eigenvalue weighted by molar-refractivity contribution is 5.89. The van der Waals surface area contributed by atoms with Crippen LogP contribution in [-0.2, 0) is 11.8 Å². The van der Waals surface area contributed by atoms with E-state index in [4.69, 9.17) is 4.74 Å². The normalized spacial score (nSPS) is 25.6. The molecule has 2 aromatic rings. The Morgan fingerprint density at radius 1 is 1.16 bits per heavy atom. The van der Waals surface area contributed by atoms with Crippen molar-refractivity contribution in [1.82, 2.24) is 14.5 Å². The van der Waals surface area contributed by atoms with Gasteiger partial charge >= 0.3 is 6.09 Å². The van der Waals surface area contributed by atoms with Gasteiger partial charge in [0.25, 0.3) is 5.56 Å². The van der Waals surface area contributed by atoms with Crippen molar-refractivity contribution < 1.29 is 9.53 Å². The van der Waals surface area contributed by atoms with Crippen LogP contribution in [0.2, 0.25) is 0 Å². The van der Waals surface area contributed by atoms with Crippen LogP contribution in [0.15, 0.2) is 23.0 Å². The van der Waals surface area contributed by atoms with Gasteiger partial charge in [0.2, 0.25) is 0 Å². The lowest BCUT2D eigenvalue weighted by molar-refractivity contribution is 0.0269. The Kier molecular flexibility index (Phi) is 4.58. The molecular formula is C23H29N5O3. The number of fused-ring (bicyclic) bond motifs is 2. The minimum atomic E-state index is -0.532. The van der Waals surface area contributed by atoms with Gasteiger partial charge < -0.3 is 19.1 Å². The van der Waals surface area contributed by atoms with Crippen LogP contribution in [0.25, 0.3) is 11.0 Å². The molecule has 8 heteroatoms. The zero-order chi connectivity index (χ0) is 22.8. The quantitative estimate of drug-likeness (QED) is 0.700. The van der Waals surface area contributed by atoms with Crippen molar-refractivity contribution in [1.29, 1.82) is 5.26 Å². The van der Waals surface area contributed by atoms with Gasteiger partial charge in [-0.25, -0.2) is 9.78 Å². The van der Waals surface area contributed by atoms with Gasteiger partial charge in [-0.1, -0.05) is 13.8 Å². The third kappa shape index (κ3) is 3.42. The molecule has 0 aromatic carbocycles. The number of nitrogens with zero attached hydrogens (tertiary/aromatic N) is 5. The fraction of sp³-hybridized carbons (Fsp3) is 0.565. The smallest absolute Gasteiger partial charge is 0.410 e. The first-order valence-electron chi connectivity index (χ1n) is 10.5. The van der Waals surface area contributed by atoms with Crippen molar-refractivity contribution in [3.05, 3.63) is 34.2 Å². The highest BCUT2D eigenvalue weighted by Crippen LogP contribution is 2.53. The lowest BCUT2D eigenvalue weighted by Gasteiger charge is -2.29. The largest absolute Gasteiger partial charge is 0.444 e. The zero-order valence-electron chi connectivity index (χ0n) is 19.0. The summed E-state index contributed by atoms with van der Waals surface area (Å²) in [5.74, 6) is 0. The minimum absolute atomic E-state index is 0.114. The number of hydrogen-bond donors (Lipinski definition) is 0. The maximum absolute atomic E-state index is 12.7. The van der Waals surface area contributed by atoms with E-state index in [2.05, 4.69) is 29.8 Å². The van der Waals surface area contributed by atoms with E-state index in [1.165, 1.54) is 0 Å². The number of carbonyl (C=O) groups is 1. The van der Waals surface area contributed by atoms with Gasteiger partial charge in [0.15, 0.2) is 0 Å². The molecule has 4 rings (SSSR count). The third-order valence-corrected chi connectivity index (χ3v) is 6.79. The molecule has 4 heterocycles. The number of hydrogen-bond acceptors (Lipinski definition) is 6. The third-order valence-electron chi connectivity index (χ3n) is 6.79. The molecule has 31 heavy (non-hydrogen) atoms. The summed E-state index contributed by atoms with van der Waals surface area (Å²) in [5, 5.41) is 9.31. The molecule has 0 unspecified atom stereocenters. The number of anilines is 1. The van der Waals surface area contributed by atoms with E-state index in [1.54, 1.807) is 34.7 Å². The minimum Gasteiger partial charge on any atom is -0.444 e. The maximum atomic E-state index is 12.7. The van der Waals surface area contributed by atoms with Gasteiger partial charge in [-0.2, -0.15) is 5.26 Å². The second kappa shape index (κ2) is 6.71. The molecule has 2 fully saturated rings. The zero-order valence-corrected chi connectivity index (χ0v) is 19.0. The fourth-order valence-corrected chi connectivity index (χ4v) is 4.90. The summed E-state index contributed by atoms with van der Waals surface area (Å²) in [5.41, 5.74) is 1.44. The van der Waals surface area contributed by atoms with E-state index in [9.17, 15) is 14.9 Å². The van der Waals surface area contributed by atoms with E-state index in [0.29, 0.717) is 42.9 Å². The summed E-state index contributed by atoms with van der Waals surface area (Å²) >= 11 is 0. The van der Waals surface area contributed by atoms with Gasteiger partial charge in [0, 0.05) is 50.1 Å². The Hall–Kier alpha value is -3.08. The average molecular weight is 424 g/mol. The number of carbonyl (C=O) groups excluding carboxylic acids is 1. The molecule has 0 N–H and O–H groups in total. The van der Waals surface area contributed by atoms with Gasteiger partial charge in [0.1, 0.15) is 22.9 Å². The van der Waals surface area contributed by atoms with E-state index >= 15 is 0 Å². The summed E-state index contributed by atoms with van der Waals surface area (Å²) in [7, 11) is 1.71. The molecule has 2 aromatic heterocycles. The molecule has 2 aliphatic heterocycles. The average Bonchev–Trinajstić information content (AvgIpc) is 3.07. The van der Waals surface area contributed by atoms with Crippen LogP contribution < -0.4 is 10.5 Å². The van der Waals surface area contributed by atoms with Crippen LogP contribution >= 0.6 is 0 Å². The van der Waals surface area contributed by atoms with Crippen LogP contribution in [0.1, 0.15) is 40.3 Å². The number of likely N-dealkylation sites (tertiary alicyclic amines) is 1. The predicted molar refractivity (Wildman–Crippen MR) is 118 cm³/mol. The monoisotopic (exact) mass is 423 g/mol. The first-order chi connectivity index (χ1) is 14.4. The van der Waals surface area contributed by atoms with Crippen molar-refractivity contribution in [2.75, 3.05) is 31.1 Å². The van der Waals surface area contributed by atoms with Crippen molar-refractivity contribution in [2.45, 2.75) is 40.2 Å². The SMILES string of the molecule is Cn1c(=O)cc(N2C[C@]3(C)CN(C(=O)OC(C)(C)C)C[C@]3(C)C2)c2nc(C#N)ccc21. The molecule has 1 amide bonds.